The number of carbonyl (C=O) groups is 1. The molecule has 2 rings (SSSR count). The lowest BCUT2D eigenvalue weighted by molar-refractivity contribution is -0.0384. The number of morpholine rings is 1. The summed E-state index contributed by atoms with van der Waals surface area (Å²) in [7, 11) is 0. The molecule has 1 unspecified atom stereocenters. The van der Waals surface area contributed by atoms with E-state index in [-0.39, 0.29) is 12.1 Å². The molecule has 2 N–H and O–H groups in total. The van der Waals surface area contributed by atoms with Gasteiger partial charge in [0.05, 0.1) is 19.3 Å². The van der Waals surface area contributed by atoms with E-state index in [1.54, 1.807) is 0 Å². The number of carbonyl (C=O) groups excluding carboxylic acids is 1. The minimum Gasteiger partial charge on any atom is -0.444 e. The number of rotatable bonds is 2. The summed E-state index contributed by atoms with van der Waals surface area (Å²) >= 11 is 0. The Labute approximate surface area is 109 Å². The van der Waals surface area contributed by atoms with E-state index in [0.717, 1.165) is 6.42 Å². The predicted octanol–water partition coefficient (Wildman–Crippen LogP) is 1.22. The van der Waals surface area contributed by atoms with Crippen LogP contribution < -0.4 is 5.73 Å². The molecule has 2 aliphatic rings. The fraction of sp³-hybridized carbons (Fsp3) is 0.923. The van der Waals surface area contributed by atoms with Gasteiger partial charge in [-0.05, 0) is 45.6 Å². The molecule has 0 aromatic carbocycles. The van der Waals surface area contributed by atoms with Crippen molar-refractivity contribution < 1.29 is 14.3 Å². The molecule has 2 fully saturated rings. The summed E-state index contributed by atoms with van der Waals surface area (Å²) in [6.45, 7) is 8.19. The Bertz CT molecular complexity index is 314. The Kier molecular flexibility index (Phi) is 3.82. The molecule has 0 aromatic heterocycles. The second-order valence-electron chi connectivity index (χ2n) is 6.21. The maximum Gasteiger partial charge on any atom is 0.410 e. The van der Waals surface area contributed by atoms with E-state index < -0.39 is 5.60 Å². The molecule has 5 nitrogen and oxygen atoms in total. The summed E-state index contributed by atoms with van der Waals surface area (Å²) in [5.41, 5.74) is 5.23. The van der Waals surface area contributed by atoms with Crippen molar-refractivity contribution in [3.8, 4) is 0 Å². The summed E-state index contributed by atoms with van der Waals surface area (Å²) in [5.74, 6) is 1.03. The van der Waals surface area contributed by atoms with Gasteiger partial charge >= 0.3 is 6.09 Å². The Morgan fingerprint density at radius 3 is 2.78 bits per heavy atom. The van der Waals surface area contributed by atoms with E-state index >= 15 is 0 Å². The van der Waals surface area contributed by atoms with Crippen LogP contribution in [0.5, 0.6) is 0 Å². The zero-order chi connectivity index (χ0) is 13.3. The molecule has 1 saturated carbocycles. The molecule has 0 bridgehead atoms. The van der Waals surface area contributed by atoms with Crippen molar-refractivity contribution in [2.45, 2.75) is 38.8 Å². The van der Waals surface area contributed by atoms with Gasteiger partial charge < -0.3 is 20.1 Å². The van der Waals surface area contributed by atoms with E-state index in [1.165, 1.54) is 0 Å². The van der Waals surface area contributed by atoms with Gasteiger partial charge in [-0.1, -0.05) is 0 Å². The molecule has 0 spiro atoms. The number of amides is 1. The zero-order valence-electron chi connectivity index (χ0n) is 11.5. The molecule has 0 radical (unpaired) electrons. The first-order valence-electron chi connectivity index (χ1n) is 6.70. The van der Waals surface area contributed by atoms with Crippen LogP contribution in [-0.2, 0) is 9.47 Å². The lowest BCUT2D eigenvalue weighted by atomic mass is 10.1. The molecular weight excluding hydrogens is 232 g/mol. The van der Waals surface area contributed by atoms with Gasteiger partial charge in [-0.2, -0.15) is 0 Å². The van der Waals surface area contributed by atoms with Crippen LogP contribution in [0.15, 0.2) is 0 Å². The van der Waals surface area contributed by atoms with E-state index in [4.69, 9.17) is 15.2 Å². The highest BCUT2D eigenvalue weighted by molar-refractivity contribution is 5.68. The molecular formula is C13H24N2O3. The molecule has 0 aromatic rings. The summed E-state index contributed by atoms with van der Waals surface area (Å²) in [4.78, 5) is 14.0. The largest absolute Gasteiger partial charge is 0.444 e. The van der Waals surface area contributed by atoms with Crippen molar-refractivity contribution in [3.05, 3.63) is 0 Å². The van der Waals surface area contributed by atoms with Crippen LogP contribution in [0, 0.1) is 11.8 Å². The number of nitrogens with two attached hydrogens (primary N) is 1. The molecule has 1 aliphatic carbocycles. The molecule has 1 heterocycles. The minimum absolute atomic E-state index is 0.141. The van der Waals surface area contributed by atoms with Gasteiger partial charge in [-0.25, -0.2) is 4.79 Å². The SMILES string of the molecule is CC(C)(C)OC(=O)N1CCOCC1[C@@H]1C[C@H]1CN. The Morgan fingerprint density at radius 1 is 1.50 bits per heavy atom. The first kappa shape index (κ1) is 13.6. The Balaban J connectivity index is 1.97. The highest BCUT2D eigenvalue weighted by Gasteiger charge is 2.47. The van der Waals surface area contributed by atoms with Crippen molar-refractivity contribution in [2.24, 2.45) is 17.6 Å². The lowest BCUT2D eigenvalue weighted by Crippen LogP contribution is -2.51. The van der Waals surface area contributed by atoms with Gasteiger partial charge in [0.1, 0.15) is 5.60 Å². The average Bonchev–Trinajstić information content (AvgIpc) is 3.06. The Hall–Kier alpha value is -0.810. The third-order valence-electron chi connectivity index (χ3n) is 3.57. The van der Waals surface area contributed by atoms with E-state index in [2.05, 4.69) is 0 Å². The second-order valence-corrected chi connectivity index (χ2v) is 6.21. The van der Waals surface area contributed by atoms with Crippen LogP contribution in [0.25, 0.3) is 0 Å². The van der Waals surface area contributed by atoms with Crippen LogP contribution in [0.3, 0.4) is 0 Å². The van der Waals surface area contributed by atoms with Crippen molar-refractivity contribution in [2.75, 3.05) is 26.3 Å². The summed E-state index contributed by atoms with van der Waals surface area (Å²) in [5, 5.41) is 0. The maximum absolute atomic E-state index is 12.2. The highest BCUT2D eigenvalue weighted by Crippen LogP contribution is 2.43. The van der Waals surface area contributed by atoms with Crippen molar-refractivity contribution in [3.63, 3.8) is 0 Å². The molecule has 18 heavy (non-hydrogen) atoms. The summed E-state index contributed by atoms with van der Waals surface area (Å²) in [6.07, 6.45) is 0.877. The van der Waals surface area contributed by atoms with Gasteiger partial charge in [0.25, 0.3) is 0 Å². The van der Waals surface area contributed by atoms with Crippen LogP contribution in [0.4, 0.5) is 4.79 Å². The summed E-state index contributed by atoms with van der Waals surface area (Å²) in [6, 6.07) is 0.141. The number of hydrogen-bond donors (Lipinski definition) is 1. The molecule has 3 atom stereocenters. The fourth-order valence-corrected chi connectivity index (χ4v) is 2.54. The zero-order valence-corrected chi connectivity index (χ0v) is 11.5. The second kappa shape index (κ2) is 5.05. The van der Waals surface area contributed by atoms with E-state index in [0.29, 0.717) is 38.1 Å². The molecule has 104 valence electrons. The van der Waals surface area contributed by atoms with Gasteiger partial charge in [0.2, 0.25) is 0 Å². The van der Waals surface area contributed by atoms with Gasteiger partial charge in [0.15, 0.2) is 0 Å². The van der Waals surface area contributed by atoms with Gasteiger partial charge in [-0.3, -0.25) is 0 Å². The van der Waals surface area contributed by atoms with Crippen molar-refractivity contribution in [1.29, 1.82) is 0 Å². The number of hydrogen-bond acceptors (Lipinski definition) is 4. The first-order valence-corrected chi connectivity index (χ1v) is 6.70. The van der Waals surface area contributed by atoms with Crippen LogP contribution in [0.1, 0.15) is 27.2 Å². The van der Waals surface area contributed by atoms with Crippen LogP contribution >= 0.6 is 0 Å². The normalized spacial score (nSPS) is 32.2. The molecule has 1 amide bonds. The highest BCUT2D eigenvalue weighted by atomic mass is 16.6. The van der Waals surface area contributed by atoms with Gasteiger partial charge in [-0.15, -0.1) is 0 Å². The minimum atomic E-state index is -0.448. The fourth-order valence-electron chi connectivity index (χ4n) is 2.54. The maximum atomic E-state index is 12.2. The smallest absolute Gasteiger partial charge is 0.410 e. The average molecular weight is 256 g/mol. The van der Waals surface area contributed by atoms with E-state index in [9.17, 15) is 4.79 Å². The monoisotopic (exact) mass is 256 g/mol. The van der Waals surface area contributed by atoms with Crippen LogP contribution in [0.2, 0.25) is 0 Å². The van der Waals surface area contributed by atoms with Gasteiger partial charge in [0, 0.05) is 6.54 Å². The number of ether oxygens (including phenoxy) is 2. The molecule has 5 heteroatoms. The summed E-state index contributed by atoms with van der Waals surface area (Å²) < 4.78 is 11.0. The van der Waals surface area contributed by atoms with Crippen molar-refractivity contribution in [1.82, 2.24) is 4.90 Å². The predicted molar refractivity (Wildman–Crippen MR) is 68.2 cm³/mol. The lowest BCUT2D eigenvalue weighted by Gasteiger charge is -2.37. The topological polar surface area (TPSA) is 64.8 Å². The Morgan fingerprint density at radius 2 is 2.22 bits per heavy atom. The molecule has 1 saturated heterocycles. The third kappa shape index (κ3) is 3.14. The van der Waals surface area contributed by atoms with E-state index in [1.807, 2.05) is 25.7 Å². The quantitative estimate of drug-likeness (QED) is 0.806. The first-order chi connectivity index (χ1) is 8.42. The van der Waals surface area contributed by atoms with Crippen molar-refractivity contribution >= 4 is 6.09 Å². The third-order valence-corrected chi connectivity index (χ3v) is 3.57. The van der Waals surface area contributed by atoms with Crippen LogP contribution in [-0.4, -0.2) is 48.9 Å². The standard InChI is InChI=1S/C13H24N2O3/c1-13(2,3)18-12(16)15-4-5-17-8-11(15)10-6-9(10)7-14/h9-11H,4-8,14H2,1-3H3/t9-,10+,11?/m0/s1. The number of nitrogens with zero attached hydrogens (tertiary/aromatic N) is 1. The molecule has 1 aliphatic heterocycles.